The molecule has 4 heterocycles. The van der Waals surface area contributed by atoms with E-state index in [9.17, 15) is 23.9 Å². The molecule has 2 amide bonds. The molecule has 0 saturated carbocycles. The van der Waals surface area contributed by atoms with E-state index in [0.29, 0.717) is 28.6 Å². The Bertz CT molecular complexity index is 1390. The molecule has 3 aromatic rings. The molecule has 2 N–H and O–H groups in total. The van der Waals surface area contributed by atoms with E-state index < -0.39 is 29.2 Å². The van der Waals surface area contributed by atoms with Crippen molar-refractivity contribution in [1.82, 2.24) is 20.4 Å². The van der Waals surface area contributed by atoms with Gasteiger partial charge in [0.1, 0.15) is 46.1 Å². The molecule has 14 heteroatoms. The molecule has 2 aromatic heterocycles. The van der Waals surface area contributed by atoms with Crippen molar-refractivity contribution in [2.45, 2.75) is 29.3 Å². The summed E-state index contributed by atoms with van der Waals surface area (Å²) in [6, 6.07) is 7.63. The van der Waals surface area contributed by atoms with Gasteiger partial charge >= 0.3 is 5.97 Å². The minimum absolute atomic E-state index is 0.0109. The number of benzene rings is 1. The smallest absolute Gasteiger partial charge is 0.352 e. The lowest BCUT2D eigenvalue weighted by Crippen LogP contribution is -2.70. The first kappa shape index (κ1) is 25.3. The van der Waals surface area contributed by atoms with Crippen molar-refractivity contribution < 1.29 is 33.0 Å². The number of β-lactam (4-membered cyclic amide) rings is 1. The number of carbonyl (C=O) groups excluding carboxylic acids is 2. The number of carbonyl (C=O) groups is 3. The molecular formula is C23H19FN4O6S3. The first-order valence-corrected chi connectivity index (χ1v) is 13.8. The number of nitrogens with zero attached hydrogens (tertiary/aromatic N) is 3. The summed E-state index contributed by atoms with van der Waals surface area (Å²) in [7, 11) is 0. The fourth-order valence-corrected chi connectivity index (χ4v) is 7.06. The van der Waals surface area contributed by atoms with Gasteiger partial charge in [-0.3, -0.25) is 14.5 Å². The van der Waals surface area contributed by atoms with Gasteiger partial charge in [0.25, 0.3) is 11.8 Å². The summed E-state index contributed by atoms with van der Waals surface area (Å²) in [5.41, 5.74) is 0.563. The van der Waals surface area contributed by atoms with E-state index in [-0.39, 0.29) is 23.9 Å². The quantitative estimate of drug-likeness (QED) is 0.295. The minimum atomic E-state index is -1.19. The summed E-state index contributed by atoms with van der Waals surface area (Å²) in [6.45, 7) is 1.86. The molecule has 2 aliphatic heterocycles. The Morgan fingerprint density at radius 2 is 2.05 bits per heavy atom. The summed E-state index contributed by atoms with van der Waals surface area (Å²) in [5.74, 6) is -1.10. The molecule has 0 unspecified atom stereocenters. The van der Waals surface area contributed by atoms with E-state index in [0.717, 1.165) is 9.35 Å². The van der Waals surface area contributed by atoms with Crippen LogP contribution in [-0.2, 0) is 16.2 Å². The molecule has 10 nitrogen and oxygen atoms in total. The van der Waals surface area contributed by atoms with Crippen molar-refractivity contribution in [3.05, 3.63) is 70.0 Å². The Kier molecular flexibility index (Phi) is 7.22. The first-order valence-electron chi connectivity index (χ1n) is 10.9. The number of carboxylic acid groups (broad SMARTS) is 1. The van der Waals surface area contributed by atoms with Gasteiger partial charge in [-0.25, -0.2) is 9.18 Å². The van der Waals surface area contributed by atoms with Crippen LogP contribution in [0.1, 0.15) is 21.3 Å². The zero-order valence-electron chi connectivity index (χ0n) is 19.2. The van der Waals surface area contributed by atoms with Crippen LogP contribution >= 0.6 is 34.9 Å². The zero-order chi connectivity index (χ0) is 26.1. The molecule has 0 bridgehead atoms. The van der Waals surface area contributed by atoms with Crippen molar-refractivity contribution in [3.63, 3.8) is 0 Å². The molecule has 1 fully saturated rings. The van der Waals surface area contributed by atoms with Crippen molar-refractivity contribution >= 4 is 52.6 Å². The third-order valence-corrected chi connectivity index (χ3v) is 8.89. The van der Waals surface area contributed by atoms with Gasteiger partial charge in [-0.1, -0.05) is 23.1 Å². The van der Waals surface area contributed by atoms with Crippen molar-refractivity contribution in [1.29, 1.82) is 0 Å². The standard InChI is InChI=1S/C23H19FN4O6S3/c1-11-26-27-23(37-11)36-10-12-9-35-21-17(20(30)28(21)18(12)22(31)32)25-19(29)16-7-6-15(34-16)8-33-14-4-2-13(24)3-5-14/h2-7,17,21H,8-10H2,1H3,(H,25,29)(H,31,32)/t17-,21+/m1/s1. The normalized spacial score (nSPS) is 18.9. The average Bonchev–Trinajstić information content (AvgIpc) is 3.53. The van der Waals surface area contributed by atoms with Crippen molar-refractivity contribution in [3.8, 4) is 5.75 Å². The van der Waals surface area contributed by atoms with Crippen LogP contribution in [0.3, 0.4) is 0 Å². The number of fused-ring (bicyclic) bond motifs is 1. The highest BCUT2D eigenvalue weighted by Crippen LogP contribution is 2.41. The molecule has 2 aliphatic rings. The predicted molar refractivity (Wildman–Crippen MR) is 134 cm³/mol. The van der Waals surface area contributed by atoms with E-state index in [1.165, 1.54) is 70.1 Å². The number of furan rings is 1. The van der Waals surface area contributed by atoms with Crippen LogP contribution in [0.5, 0.6) is 5.75 Å². The van der Waals surface area contributed by atoms with Crippen LogP contribution in [0, 0.1) is 12.7 Å². The molecule has 5 rings (SSSR count). The number of aliphatic carboxylic acids is 1. The van der Waals surface area contributed by atoms with Crippen LogP contribution in [0.15, 0.2) is 56.4 Å². The monoisotopic (exact) mass is 562 g/mol. The summed E-state index contributed by atoms with van der Waals surface area (Å²) < 4.78 is 24.8. The lowest BCUT2D eigenvalue weighted by molar-refractivity contribution is -0.148. The van der Waals surface area contributed by atoms with Crippen LogP contribution in [0.2, 0.25) is 0 Å². The van der Waals surface area contributed by atoms with Crippen molar-refractivity contribution in [2.24, 2.45) is 0 Å². The third kappa shape index (κ3) is 5.36. The number of hydrogen-bond acceptors (Lipinski definition) is 10. The van der Waals surface area contributed by atoms with Gasteiger partial charge in [0.2, 0.25) is 0 Å². The van der Waals surface area contributed by atoms with E-state index in [1.54, 1.807) is 6.07 Å². The van der Waals surface area contributed by atoms with Crippen LogP contribution in [0.25, 0.3) is 0 Å². The highest BCUT2D eigenvalue weighted by atomic mass is 32.2. The van der Waals surface area contributed by atoms with Crippen molar-refractivity contribution in [2.75, 3.05) is 11.5 Å². The van der Waals surface area contributed by atoms with Gasteiger partial charge in [0.15, 0.2) is 10.1 Å². The summed E-state index contributed by atoms with van der Waals surface area (Å²) in [5, 5.41) is 20.7. The molecule has 0 aliphatic carbocycles. The number of nitrogens with one attached hydrogen (secondary N) is 1. The second kappa shape index (κ2) is 10.6. The molecule has 2 atom stereocenters. The molecule has 37 heavy (non-hydrogen) atoms. The van der Waals surface area contributed by atoms with E-state index in [4.69, 9.17) is 9.15 Å². The third-order valence-electron chi connectivity index (χ3n) is 5.49. The highest BCUT2D eigenvalue weighted by Gasteiger charge is 2.54. The van der Waals surface area contributed by atoms with Crippen LogP contribution < -0.4 is 10.1 Å². The van der Waals surface area contributed by atoms with Gasteiger partial charge in [0, 0.05) is 11.5 Å². The second-order valence-electron chi connectivity index (χ2n) is 8.00. The van der Waals surface area contributed by atoms with Crippen LogP contribution in [0.4, 0.5) is 4.39 Å². The maximum absolute atomic E-state index is 13.0. The molecule has 0 radical (unpaired) electrons. The molecule has 1 aromatic carbocycles. The van der Waals surface area contributed by atoms with Gasteiger partial charge < -0.3 is 19.6 Å². The Labute approximate surface area is 222 Å². The Balaban J connectivity index is 1.20. The summed E-state index contributed by atoms with van der Waals surface area (Å²) in [6.07, 6.45) is 0. The maximum atomic E-state index is 13.0. The lowest BCUT2D eigenvalue weighted by atomic mass is 10.0. The van der Waals surface area contributed by atoms with Gasteiger partial charge in [-0.15, -0.1) is 22.0 Å². The maximum Gasteiger partial charge on any atom is 0.352 e. The van der Waals surface area contributed by atoms with Crippen LogP contribution in [-0.4, -0.2) is 60.9 Å². The number of hydrogen-bond donors (Lipinski definition) is 2. The summed E-state index contributed by atoms with van der Waals surface area (Å²) >= 11 is 4.18. The number of aromatic nitrogens is 2. The Hall–Kier alpha value is -3.36. The zero-order valence-corrected chi connectivity index (χ0v) is 21.6. The van der Waals surface area contributed by atoms with E-state index in [1.807, 2.05) is 6.92 Å². The number of amides is 2. The Morgan fingerprint density at radius 1 is 1.27 bits per heavy atom. The van der Waals surface area contributed by atoms with E-state index in [2.05, 4.69) is 15.5 Å². The molecule has 192 valence electrons. The fourth-order valence-electron chi connectivity index (χ4n) is 3.76. The first-order chi connectivity index (χ1) is 17.8. The highest BCUT2D eigenvalue weighted by molar-refractivity contribution is 8.01. The number of halogens is 1. The topological polar surface area (TPSA) is 135 Å². The number of carboxylic acids is 1. The number of thioether (sulfide) groups is 2. The number of rotatable bonds is 9. The summed E-state index contributed by atoms with van der Waals surface area (Å²) in [4.78, 5) is 38.9. The Morgan fingerprint density at radius 3 is 2.76 bits per heavy atom. The van der Waals surface area contributed by atoms with Gasteiger partial charge in [-0.05, 0) is 48.9 Å². The fraction of sp³-hybridized carbons (Fsp3) is 0.261. The number of ether oxygens (including phenoxy) is 1. The lowest BCUT2D eigenvalue weighted by Gasteiger charge is -2.49. The predicted octanol–water partition coefficient (Wildman–Crippen LogP) is 3.30. The van der Waals surface area contributed by atoms with Gasteiger partial charge in [0.05, 0.1) is 0 Å². The average molecular weight is 563 g/mol. The largest absolute Gasteiger partial charge is 0.486 e. The second-order valence-corrected chi connectivity index (χ2v) is 11.5. The van der Waals surface area contributed by atoms with E-state index >= 15 is 0 Å². The molecule has 1 saturated heterocycles. The molecule has 0 spiro atoms. The van der Waals surface area contributed by atoms with Gasteiger partial charge in [-0.2, -0.15) is 0 Å². The SMILES string of the molecule is Cc1nnc(SCC2=C(C(=O)O)N3C(=O)[C@@H](NC(=O)c4ccc(COc5ccc(F)cc5)o4)[C@@H]3SC2)s1. The minimum Gasteiger partial charge on any atom is -0.486 e. The number of aryl methyl sites for hydroxylation is 1. The molecular weight excluding hydrogens is 543 g/mol.